The number of hydrogen-bond acceptors (Lipinski definition) is 1. The van der Waals surface area contributed by atoms with Crippen LogP contribution in [-0.2, 0) is 19.4 Å². The minimum Gasteiger partial charge on any atom is -0.330 e. The van der Waals surface area contributed by atoms with E-state index >= 15 is 0 Å². The first-order valence-electron chi connectivity index (χ1n) is 5.50. The van der Waals surface area contributed by atoms with Gasteiger partial charge < -0.3 is 4.57 Å². The molecule has 0 saturated carbocycles. The summed E-state index contributed by atoms with van der Waals surface area (Å²) in [5.74, 6) is 0. The molecule has 2 rings (SSSR count). The second kappa shape index (κ2) is 3.99. The Morgan fingerprint density at radius 2 is 2.29 bits per heavy atom. The van der Waals surface area contributed by atoms with Crippen LogP contribution in [0.25, 0.3) is 0 Å². The van der Waals surface area contributed by atoms with E-state index in [1.807, 2.05) is 6.33 Å². The van der Waals surface area contributed by atoms with Crippen molar-refractivity contribution in [2.45, 2.75) is 45.6 Å². The smallest absolute Gasteiger partial charge is 0.0954 e. The van der Waals surface area contributed by atoms with E-state index < -0.39 is 0 Å². The highest BCUT2D eigenvalue weighted by atomic mass is 15.1. The lowest BCUT2D eigenvalue weighted by Gasteiger charge is -2.14. The normalized spacial score (nSPS) is 15.2. The average molecular weight is 190 g/mol. The van der Waals surface area contributed by atoms with Gasteiger partial charge in [0.25, 0.3) is 0 Å². The molecule has 0 amide bonds. The van der Waals surface area contributed by atoms with Gasteiger partial charge in [0.15, 0.2) is 0 Å². The molecule has 0 N–H and O–H groups in total. The zero-order chi connectivity index (χ0) is 9.97. The predicted octanol–water partition coefficient (Wildman–Crippen LogP) is 2.73. The molecule has 1 aliphatic rings. The van der Waals surface area contributed by atoms with Crippen molar-refractivity contribution in [2.24, 2.45) is 0 Å². The first-order valence-corrected chi connectivity index (χ1v) is 5.50. The Morgan fingerprint density at radius 1 is 1.50 bits per heavy atom. The average Bonchev–Trinajstić information content (AvgIpc) is 2.62. The monoisotopic (exact) mass is 190 g/mol. The quantitative estimate of drug-likeness (QED) is 0.670. The highest BCUT2D eigenvalue weighted by Crippen LogP contribution is 2.20. The summed E-state index contributed by atoms with van der Waals surface area (Å²) in [5, 5.41) is 0. The van der Waals surface area contributed by atoms with Crippen molar-refractivity contribution >= 4 is 0 Å². The van der Waals surface area contributed by atoms with Crippen LogP contribution in [0.1, 0.15) is 37.6 Å². The molecular formula is C12H18N2. The summed E-state index contributed by atoms with van der Waals surface area (Å²) in [5.41, 5.74) is 4.06. The number of hydrogen-bond donors (Lipinski definition) is 0. The molecule has 0 atom stereocenters. The Hall–Kier alpha value is -1.05. The second-order valence-electron chi connectivity index (χ2n) is 4.08. The third-order valence-electron chi connectivity index (χ3n) is 3.00. The van der Waals surface area contributed by atoms with Crippen molar-refractivity contribution in [3.8, 4) is 0 Å². The molecule has 0 saturated heterocycles. The van der Waals surface area contributed by atoms with Crippen LogP contribution in [0, 0.1) is 0 Å². The zero-order valence-corrected chi connectivity index (χ0v) is 8.92. The molecule has 14 heavy (non-hydrogen) atoms. The first kappa shape index (κ1) is 9.50. The van der Waals surface area contributed by atoms with Gasteiger partial charge in [-0.25, -0.2) is 4.98 Å². The molecule has 0 bridgehead atoms. The van der Waals surface area contributed by atoms with Crippen molar-refractivity contribution in [3.63, 3.8) is 0 Å². The van der Waals surface area contributed by atoms with E-state index in [-0.39, 0.29) is 0 Å². The maximum atomic E-state index is 4.47. The molecule has 1 heterocycles. The van der Waals surface area contributed by atoms with E-state index in [1.165, 1.54) is 42.6 Å². The van der Waals surface area contributed by atoms with Gasteiger partial charge in [-0.2, -0.15) is 0 Å². The summed E-state index contributed by atoms with van der Waals surface area (Å²) >= 11 is 0. The van der Waals surface area contributed by atoms with E-state index in [4.69, 9.17) is 0 Å². The molecule has 76 valence electrons. The standard InChI is InChI=1S/C12H18N2/c1-3-10(2)8-14-9-13-11-6-4-5-7-12(11)14/h9H,2-8H2,1H3. The molecule has 0 fully saturated rings. The molecule has 0 radical (unpaired) electrons. The minimum atomic E-state index is 0.957. The fraction of sp³-hybridized carbons (Fsp3) is 0.583. The van der Waals surface area contributed by atoms with Gasteiger partial charge in [0.2, 0.25) is 0 Å². The lowest BCUT2D eigenvalue weighted by molar-refractivity contribution is 0.623. The van der Waals surface area contributed by atoms with E-state index in [0.29, 0.717) is 0 Å². The largest absolute Gasteiger partial charge is 0.330 e. The Balaban J connectivity index is 2.18. The third kappa shape index (κ3) is 1.74. The molecular weight excluding hydrogens is 172 g/mol. The van der Waals surface area contributed by atoms with Crippen LogP contribution in [0.2, 0.25) is 0 Å². The predicted molar refractivity (Wildman–Crippen MR) is 58.3 cm³/mol. The summed E-state index contributed by atoms with van der Waals surface area (Å²) < 4.78 is 2.28. The lowest BCUT2D eigenvalue weighted by Crippen LogP contribution is -2.09. The van der Waals surface area contributed by atoms with Crippen LogP contribution in [-0.4, -0.2) is 9.55 Å². The molecule has 0 unspecified atom stereocenters. The first-order chi connectivity index (χ1) is 6.81. The van der Waals surface area contributed by atoms with Gasteiger partial charge in [-0.1, -0.05) is 19.1 Å². The van der Waals surface area contributed by atoms with Gasteiger partial charge in [0.05, 0.1) is 12.0 Å². The van der Waals surface area contributed by atoms with E-state index in [2.05, 4.69) is 23.1 Å². The van der Waals surface area contributed by atoms with E-state index in [1.54, 1.807) is 0 Å². The molecule has 1 aromatic heterocycles. The van der Waals surface area contributed by atoms with Crippen molar-refractivity contribution in [3.05, 3.63) is 29.9 Å². The summed E-state index contributed by atoms with van der Waals surface area (Å²) in [6.07, 6.45) is 8.03. The number of allylic oxidation sites excluding steroid dienone is 1. The summed E-state index contributed by atoms with van der Waals surface area (Å²) in [6, 6.07) is 0. The van der Waals surface area contributed by atoms with Gasteiger partial charge in [0, 0.05) is 12.2 Å². The highest BCUT2D eigenvalue weighted by molar-refractivity contribution is 5.17. The third-order valence-corrected chi connectivity index (χ3v) is 3.00. The van der Waals surface area contributed by atoms with Crippen LogP contribution < -0.4 is 0 Å². The molecule has 0 aliphatic heterocycles. The maximum absolute atomic E-state index is 4.47. The zero-order valence-electron chi connectivity index (χ0n) is 8.92. The summed E-state index contributed by atoms with van der Waals surface area (Å²) in [7, 11) is 0. The molecule has 1 aliphatic carbocycles. The fourth-order valence-corrected chi connectivity index (χ4v) is 2.02. The van der Waals surface area contributed by atoms with Gasteiger partial charge in [-0.15, -0.1) is 0 Å². The number of aryl methyl sites for hydroxylation is 1. The molecule has 2 heteroatoms. The lowest BCUT2D eigenvalue weighted by atomic mass is 10.0. The molecule has 2 nitrogen and oxygen atoms in total. The summed E-state index contributed by atoms with van der Waals surface area (Å²) in [4.78, 5) is 4.47. The van der Waals surface area contributed by atoms with Gasteiger partial charge in [-0.05, 0) is 32.1 Å². The van der Waals surface area contributed by atoms with Crippen molar-refractivity contribution in [1.82, 2.24) is 9.55 Å². The molecule has 0 aromatic carbocycles. The van der Waals surface area contributed by atoms with Crippen molar-refractivity contribution in [1.29, 1.82) is 0 Å². The Morgan fingerprint density at radius 3 is 3.07 bits per heavy atom. The Bertz CT molecular complexity index is 336. The van der Waals surface area contributed by atoms with Gasteiger partial charge >= 0.3 is 0 Å². The maximum Gasteiger partial charge on any atom is 0.0954 e. The van der Waals surface area contributed by atoms with Crippen LogP contribution in [0.3, 0.4) is 0 Å². The minimum absolute atomic E-state index is 0.957. The summed E-state index contributed by atoms with van der Waals surface area (Å²) in [6.45, 7) is 7.16. The van der Waals surface area contributed by atoms with E-state index in [0.717, 1.165) is 13.0 Å². The Labute approximate surface area is 85.7 Å². The van der Waals surface area contributed by atoms with Crippen molar-refractivity contribution < 1.29 is 0 Å². The van der Waals surface area contributed by atoms with Crippen molar-refractivity contribution in [2.75, 3.05) is 0 Å². The topological polar surface area (TPSA) is 17.8 Å². The fourth-order valence-electron chi connectivity index (χ4n) is 2.02. The number of fused-ring (bicyclic) bond motifs is 1. The molecule has 1 aromatic rings. The molecule has 0 spiro atoms. The SMILES string of the molecule is C=C(CC)Cn1cnc2c1CCCC2. The number of imidazole rings is 1. The number of aromatic nitrogens is 2. The second-order valence-corrected chi connectivity index (χ2v) is 4.08. The van der Waals surface area contributed by atoms with E-state index in [9.17, 15) is 0 Å². The Kier molecular flexibility index (Phi) is 2.71. The van der Waals surface area contributed by atoms with Crippen LogP contribution in [0.5, 0.6) is 0 Å². The highest BCUT2D eigenvalue weighted by Gasteiger charge is 2.14. The van der Waals surface area contributed by atoms with Crippen LogP contribution in [0.15, 0.2) is 18.5 Å². The number of nitrogens with zero attached hydrogens (tertiary/aromatic N) is 2. The van der Waals surface area contributed by atoms with Crippen LogP contribution in [0.4, 0.5) is 0 Å². The number of rotatable bonds is 3. The van der Waals surface area contributed by atoms with Crippen LogP contribution >= 0.6 is 0 Å². The van der Waals surface area contributed by atoms with Gasteiger partial charge in [-0.3, -0.25) is 0 Å². The van der Waals surface area contributed by atoms with Gasteiger partial charge in [0.1, 0.15) is 0 Å².